The molecule has 1 fully saturated rings. The topological polar surface area (TPSA) is 105 Å². The molecule has 1 heterocycles. The molecule has 0 spiro atoms. The van der Waals surface area contributed by atoms with E-state index in [1.54, 1.807) is 6.07 Å². The first-order valence-corrected chi connectivity index (χ1v) is 10.3. The Morgan fingerprint density at radius 3 is 2.63 bits per heavy atom. The molecule has 30 heavy (non-hydrogen) atoms. The van der Waals surface area contributed by atoms with E-state index in [1.807, 2.05) is 0 Å². The zero-order chi connectivity index (χ0) is 21.5. The van der Waals surface area contributed by atoms with E-state index in [0.29, 0.717) is 12.4 Å². The summed E-state index contributed by atoms with van der Waals surface area (Å²) in [6.07, 6.45) is 4.71. The Balaban J connectivity index is 1.54. The number of nitrogens with zero attached hydrogens (tertiary/aromatic N) is 2. The number of phenolic OH excluding ortho intramolecular Hbond substituents is 1. The molecule has 1 saturated heterocycles. The van der Waals surface area contributed by atoms with Crippen molar-refractivity contribution in [2.24, 2.45) is 0 Å². The molecule has 0 radical (unpaired) electrons. The number of carbonyl (C=O) groups excluding carboxylic acids is 1. The van der Waals surface area contributed by atoms with Crippen LogP contribution in [0.3, 0.4) is 0 Å². The highest BCUT2D eigenvalue weighted by Gasteiger charge is 2.16. The molecule has 8 nitrogen and oxygen atoms in total. The van der Waals surface area contributed by atoms with Crippen molar-refractivity contribution in [2.75, 3.05) is 31.6 Å². The second-order valence-corrected chi connectivity index (χ2v) is 7.57. The number of amides is 1. The van der Waals surface area contributed by atoms with Gasteiger partial charge in [-0.05, 0) is 50.6 Å². The summed E-state index contributed by atoms with van der Waals surface area (Å²) in [4.78, 5) is 25.1. The second-order valence-electron chi connectivity index (χ2n) is 7.16. The monoisotopic (exact) mass is 433 g/mol. The van der Waals surface area contributed by atoms with Gasteiger partial charge in [-0.15, -0.1) is 0 Å². The molecule has 2 N–H and O–H groups in total. The number of hydrogen-bond acceptors (Lipinski definition) is 6. The van der Waals surface area contributed by atoms with E-state index in [4.69, 9.17) is 16.3 Å². The summed E-state index contributed by atoms with van der Waals surface area (Å²) in [6.45, 7) is 3.80. The van der Waals surface area contributed by atoms with E-state index >= 15 is 0 Å². The van der Waals surface area contributed by atoms with E-state index in [1.165, 1.54) is 43.5 Å². The van der Waals surface area contributed by atoms with E-state index < -0.39 is 10.8 Å². The van der Waals surface area contributed by atoms with Crippen molar-refractivity contribution in [1.82, 2.24) is 4.90 Å². The number of nitrogens with one attached hydrogen (secondary N) is 1. The number of hydrogen-bond donors (Lipinski definition) is 2. The molecule has 2 aromatic rings. The molecule has 3 rings (SSSR count). The van der Waals surface area contributed by atoms with Gasteiger partial charge in [-0.3, -0.25) is 14.9 Å². The molecule has 1 amide bonds. The van der Waals surface area contributed by atoms with Crippen LogP contribution in [0.15, 0.2) is 36.4 Å². The lowest BCUT2D eigenvalue weighted by atomic mass is 10.1. The lowest BCUT2D eigenvalue weighted by molar-refractivity contribution is -0.384. The van der Waals surface area contributed by atoms with Gasteiger partial charge in [-0.1, -0.05) is 18.0 Å². The predicted molar refractivity (Wildman–Crippen MR) is 115 cm³/mol. The van der Waals surface area contributed by atoms with Crippen LogP contribution in [-0.2, 0) is 0 Å². The van der Waals surface area contributed by atoms with Crippen molar-refractivity contribution < 1.29 is 19.6 Å². The van der Waals surface area contributed by atoms with Crippen molar-refractivity contribution in [3.8, 4) is 11.5 Å². The average molecular weight is 434 g/mol. The van der Waals surface area contributed by atoms with Crippen molar-refractivity contribution in [3.05, 3.63) is 57.1 Å². The minimum Gasteiger partial charge on any atom is -0.507 e. The van der Waals surface area contributed by atoms with Crippen LogP contribution in [0.1, 0.15) is 36.0 Å². The number of nitro groups is 1. The van der Waals surface area contributed by atoms with Gasteiger partial charge in [0.2, 0.25) is 0 Å². The molecule has 9 heteroatoms. The Labute approximate surface area is 179 Å². The summed E-state index contributed by atoms with van der Waals surface area (Å²) < 4.78 is 5.68. The minimum atomic E-state index is -0.583. The van der Waals surface area contributed by atoms with Crippen molar-refractivity contribution in [2.45, 2.75) is 25.7 Å². The highest BCUT2D eigenvalue weighted by Crippen LogP contribution is 2.29. The zero-order valence-electron chi connectivity index (χ0n) is 16.5. The number of likely N-dealkylation sites (tertiary alicyclic amines) is 1. The number of non-ortho nitro benzene ring substituents is 1. The zero-order valence-corrected chi connectivity index (χ0v) is 17.2. The number of nitro benzene ring substituents is 1. The van der Waals surface area contributed by atoms with Crippen LogP contribution in [0.2, 0.25) is 5.02 Å². The number of anilines is 1. The van der Waals surface area contributed by atoms with E-state index in [9.17, 15) is 20.0 Å². The van der Waals surface area contributed by atoms with Gasteiger partial charge in [0.25, 0.3) is 11.6 Å². The number of ether oxygens (including phenoxy) is 1. The molecule has 160 valence electrons. The van der Waals surface area contributed by atoms with Crippen LogP contribution in [0.25, 0.3) is 0 Å². The van der Waals surface area contributed by atoms with Crippen LogP contribution in [0.4, 0.5) is 11.4 Å². The number of phenols is 1. The second kappa shape index (κ2) is 10.3. The van der Waals surface area contributed by atoms with Gasteiger partial charge in [-0.25, -0.2) is 0 Å². The first-order chi connectivity index (χ1) is 14.4. The largest absolute Gasteiger partial charge is 0.507 e. The van der Waals surface area contributed by atoms with E-state index in [2.05, 4.69) is 10.2 Å². The normalized spacial score (nSPS) is 14.3. The fraction of sp³-hybridized carbons (Fsp3) is 0.381. The molecule has 0 aliphatic carbocycles. The first-order valence-electron chi connectivity index (χ1n) is 9.87. The molecular weight excluding hydrogens is 410 g/mol. The highest BCUT2D eigenvalue weighted by molar-refractivity contribution is 6.34. The lowest BCUT2D eigenvalue weighted by Gasteiger charge is -2.26. The van der Waals surface area contributed by atoms with Gasteiger partial charge in [0, 0.05) is 24.7 Å². The molecular formula is C21H24ClN3O5. The molecule has 1 aliphatic heterocycles. The molecule has 2 aromatic carbocycles. The van der Waals surface area contributed by atoms with Crippen molar-refractivity contribution in [3.63, 3.8) is 0 Å². The summed E-state index contributed by atoms with van der Waals surface area (Å²) in [5.74, 6) is -0.324. The molecule has 1 aliphatic rings. The maximum absolute atomic E-state index is 12.4. The number of carbonyl (C=O) groups is 1. The Morgan fingerprint density at radius 2 is 1.97 bits per heavy atom. The third kappa shape index (κ3) is 5.84. The number of halogens is 1. The molecule has 0 saturated carbocycles. The van der Waals surface area contributed by atoms with E-state index in [0.717, 1.165) is 32.1 Å². The summed E-state index contributed by atoms with van der Waals surface area (Å²) in [7, 11) is 0. The third-order valence-electron chi connectivity index (χ3n) is 4.96. The summed E-state index contributed by atoms with van der Waals surface area (Å²) in [5.41, 5.74) is 0.0810. The van der Waals surface area contributed by atoms with Gasteiger partial charge in [-0.2, -0.15) is 0 Å². The molecule has 0 aromatic heterocycles. The highest BCUT2D eigenvalue weighted by atomic mass is 35.5. The molecule has 0 atom stereocenters. The quantitative estimate of drug-likeness (QED) is 0.361. The first kappa shape index (κ1) is 21.9. The average Bonchev–Trinajstić information content (AvgIpc) is 2.73. The van der Waals surface area contributed by atoms with E-state index in [-0.39, 0.29) is 27.7 Å². The minimum absolute atomic E-state index is 0.0331. The Hall–Kier alpha value is -2.84. The fourth-order valence-corrected chi connectivity index (χ4v) is 3.59. The predicted octanol–water partition coefficient (Wildman–Crippen LogP) is 4.46. The molecule has 0 unspecified atom stereocenters. The van der Waals surface area contributed by atoms with Crippen LogP contribution in [-0.4, -0.2) is 47.1 Å². The van der Waals surface area contributed by atoms with Gasteiger partial charge >= 0.3 is 0 Å². The van der Waals surface area contributed by atoms with Crippen LogP contribution < -0.4 is 10.1 Å². The van der Waals surface area contributed by atoms with Gasteiger partial charge in [0.05, 0.1) is 27.8 Å². The van der Waals surface area contributed by atoms with Crippen LogP contribution >= 0.6 is 11.6 Å². The Kier molecular flexibility index (Phi) is 7.48. The van der Waals surface area contributed by atoms with Crippen LogP contribution in [0, 0.1) is 10.1 Å². The Morgan fingerprint density at radius 1 is 1.20 bits per heavy atom. The Bertz CT molecular complexity index is 916. The van der Waals surface area contributed by atoms with Crippen molar-refractivity contribution >= 4 is 28.9 Å². The van der Waals surface area contributed by atoms with Gasteiger partial charge in [0.15, 0.2) is 0 Å². The number of rotatable bonds is 8. The van der Waals surface area contributed by atoms with Gasteiger partial charge < -0.3 is 20.1 Å². The summed E-state index contributed by atoms with van der Waals surface area (Å²) >= 11 is 5.99. The van der Waals surface area contributed by atoms with Crippen LogP contribution in [0.5, 0.6) is 11.5 Å². The smallest absolute Gasteiger partial charge is 0.271 e. The SMILES string of the molecule is O=C(Nc1ccc([N+](=O)[O-])cc1Cl)c1ccc(OCCCN2CCCCC2)cc1O. The maximum atomic E-state index is 12.4. The van der Waals surface area contributed by atoms with Gasteiger partial charge in [0.1, 0.15) is 11.5 Å². The fourth-order valence-electron chi connectivity index (χ4n) is 3.36. The number of piperidine rings is 1. The summed E-state index contributed by atoms with van der Waals surface area (Å²) in [5, 5.41) is 23.6. The lowest BCUT2D eigenvalue weighted by Crippen LogP contribution is -2.31. The summed E-state index contributed by atoms with van der Waals surface area (Å²) in [6, 6.07) is 8.21. The third-order valence-corrected chi connectivity index (χ3v) is 5.27. The van der Waals surface area contributed by atoms with Crippen molar-refractivity contribution in [1.29, 1.82) is 0 Å². The maximum Gasteiger partial charge on any atom is 0.271 e. The molecule has 0 bridgehead atoms. The standard InChI is InChI=1S/C21H24ClN3O5/c22-18-13-15(25(28)29)5-8-19(18)23-21(27)17-7-6-16(14-20(17)26)30-12-4-11-24-9-2-1-3-10-24/h5-8,13-14,26H,1-4,9-12H2,(H,23,27). The number of benzene rings is 2. The number of aromatic hydroxyl groups is 1.